The molecular weight excluding hydrogens is 393 g/mol. The van der Waals surface area contributed by atoms with E-state index in [2.05, 4.69) is 18.9 Å². The van der Waals surface area contributed by atoms with Crippen molar-refractivity contribution in [1.82, 2.24) is 0 Å². The summed E-state index contributed by atoms with van der Waals surface area (Å²) in [6.07, 6.45) is -26.1. The highest BCUT2D eigenvalue weighted by Gasteiger charge is 2.48. The summed E-state index contributed by atoms with van der Waals surface area (Å²) in [7, 11) is 0. The minimum absolute atomic E-state index is 1.19. The van der Waals surface area contributed by atoms with Crippen LogP contribution in [0.3, 0.4) is 0 Å². The molecule has 0 aromatic heterocycles. The van der Waals surface area contributed by atoms with Crippen LogP contribution in [0.5, 0.6) is 0 Å². The van der Waals surface area contributed by atoms with Gasteiger partial charge in [-0.25, -0.2) is 13.2 Å². The molecule has 4 nitrogen and oxygen atoms in total. The van der Waals surface area contributed by atoms with Crippen LogP contribution in [0.4, 0.5) is 48.3 Å². The summed E-state index contributed by atoms with van der Waals surface area (Å²) in [6, 6.07) is 0. The first-order valence-electron chi connectivity index (χ1n) is 6.06. The van der Waals surface area contributed by atoms with Crippen LogP contribution >= 0.6 is 0 Å². The normalized spacial score (nSPS) is 15.2. The summed E-state index contributed by atoms with van der Waals surface area (Å²) >= 11 is 0. The van der Waals surface area contributed by atoms with E-state index in [-0.39, 0.29) is 0 Å². The maximum atomic E-state index is 12.8. The monoisotopic (exact) mass is 404 g/mol. The van der Waals surface area contributed by atoms with Gasteiger partial charge in [0.25, 0.3) is 0 Å². The Hall–Kier alpha value is -0.930. The lowest BCUT2D eigenvalue weighted by atomic mass is 10.5. The Morgan fingerprint density at radius 1 is 0.680 bits per heavy atom. The lowest BCUT2D eigenvalue weighted by molar-refractivity contribution is -0.403. The van der Waals surface area contributed by atoms with Gasteiger partial charge in [-0.2, -0.15) is 35.1 Å². The summed E-state index contributed by atoms with van der Waals surface area (Å²) in [5.74, 6) is 0. The standard InChI is InChI=1S/C10H11F11O4/c11-1-2-22-6(25-10(20,21)7(12)13)5(23-3-8(14,15)16)24-4-9(17,18)19/h5-7H,1-4H2. The van der Waals surface area contributed by atoms with Crippen molar-refractivity contribution in [3.8, 4) is 0 Å². The van der Waals surface area contributed by atoms with E-state index in [9.17, 15) is 48.3 Å². The number of hydrogen-bond acceptors (Lipinski definition) is 4. The molecule has 0 saturated carbocycles. The molecule has 0 aliphatic heterocycles. The maximum Gasteiger partial charge on any atom is 0.418 e. The number of ether oxygens (including phenoxy) is 4. The predicted octanol–water partition coefficient (Wildman–Crippen LogP) is 3.66. The van der Waals surface area contributed by atoms with Crippen LogP contribution < -0.4 is 0 Å². The fraction of sp³-hybridized carbons (Fsp3) is 1.00. The third-order valence-electron chi connectivity index (χ3n) is 1.93. The lowest BCUT2D eigenvalue weighted by Crippen LogP contribution is -2.46. The Balaban J connectivity index is 5.25. The van der Waals surface area contributed by atoms with Gasteiger partial charge in [0.2, 0.25) is 12.6 Å². The highest BCUT2D eigenvalue weighted by atomic mass is 19.4. The first-order chi connectivity index (χ1) is 11.2. The zero-order valence-electron chi connectivity index (χ0n) is 11.9. The van der Waals surface area contributed by atoms with Crippen LogP contribution in [-0.4, -0.2) is 64.0 Å². The highest BCUT2D eigenvalue weighted by Crippen LogP contribution is 2.29. The fourth-order valence-electron chi connectivity index (χ4n) is 1.09. The van der Waals surface area contributed by atoms with Crippen LogP contribution in [0.15, 0.2) is 0 Å². The Morgan fingerprint density at radius 2 is 1.12 bits per heavy atom. The molecule has 0 rings (SSSR count). The molecule has 15 heteroatoms. The molecule has 1 atom stereocenters. The van der Waals surface area contributed by atoms with Gasteiger partial charge >= 0.3 is 24.9 Å². The molecule has 0 heterocycles. The molecule has 0 aromatic rings. The van der Waals surface area contributed by atoms with Crippen LogP contribution in [0, 0.1) is 0 Å². The highest BCUT2D eigenvalue weighted by molar-refractivity contribution is 4.63. The van der Waals surface area contributed by atoms with Crippen LogP contribution in [0.1, 0.15) is 0 Å². The topological polar surface area (TPSA) is 36.9 Å². The maximum absolute atomic E-state index is 12.8. The Morgan fingerprint density at radius 3 is 1.44 bits per heavy atom. The van der Waals surface area contributed by atoms with Gasteiger partial charge < -0.3 is 14.2 Å². The van der Waals surface area contributed by atoms with Crippen molar-refractivity contribution in [3.63, 3.8) is 0 Å². The van der Waals surface area contributed by atoms with Crippen molar-refractivity contribution in [2.24, 2.45) is 0 Å². The molecule has 0 amide bonds. The quantitative estimate of drug-likeness (QED) is 0.389. The van der Waals surface area contributed by atoms with Gasteiger partial charge in [0.15, 0.2) is 0 Å². The molecule has 25 heavy (non-hydrogen) atoms. The van der Waals surface area contributed by atoms with E-state index >= 15 is 0 Å². The molecule has 0 aliphatic carbocycles. The Bertz CT molecular complexity index is 353. The van der Waals surface area contributed by atoms with Crippen LogP contribution in [0.2, 0.25) is 0 Å². The van der Waals surface area contributed by atoms with Crippen LogP contribution in [-0.2, 0) is 18.9 Å². The minimum atomic E-state index is -5.34. The molecule has 0 fully saturated rings. The average Bonchev–Trinajstić information content (AvgIpc) is 2.41. The largest absolute Gasteiger partial charge is 0.418 e. The van der Waals surface area contributed by atoms with E-state index in [0.717, 1.165) is 0 Å². The molecule has 0 aromatic carbocycles. The minimum Gasteiger partial charge on any atom is -0.345 e. The fourth-order valence-corrected chi connectivity index (χ4v) is 1.09. The molecular formula is C10H11F11O4. The number of alkyl halides is 11. The van der Waals surface area contributed by atoms with Crippen molar-refractivity contribution in [2.75, 3.05) is 26.5 Å². The molecule has 0 spiro atoms. The van der Waals surface area contributed by atoms with Gasteiger partial charge in [-0.3, -0.25) is 4.74 Å². The smallest absolute Gasteiger partial charge is 0.345 e. The summed E-state index contributed by atoms with van der Waals surface area (Å²) in [5.41, 5.74) is 0. The van der Waals surface area contributed by atoms with E-state index in [0.29, 0.717) is 0 Å². The van der Waals surface area contributed by atoms with E-state index in [1.807, 2.05) is 0 Å². The van der Waals surface area contributed by atoms with Crippen LogP contribution in [0.25, 0.3) is 0 Å². The summed E-state index contributed by atoms with van der Waals surface area (Å²) in [5, 5.41) is 0. The summed E-state index contributed by atoms with van der Waals surface area (Å²) < 4.78 is 149. The van der Waals surface area contributed by atoms with Crippen molar-refractivity contribution in [2.45, 2.75) is 37.5 Å². The third kappa shape index (κ3) is 11.3. The van der Waals surface area contributed by atoms with Gasteiger partial charge in [-0.05, 0) is 0 Å². The Labute approximate surface area is 132 Å². The third-order valence-corrected chi connectivity index (χ3v) is 1.93. The van der Waals surface area contributed by atoms with Gasteiger partial charge in [0.1, 0.15) is 19.9 Å². The number of halogens is 11. The van der Waals surface area contributed by atoms with Crippen molar-refractivity contribution >= 4 is 0 Å². The first kappa shape index (κ1) is 24.1. The molecule has 0 aliphatic rings. The average molecular weight is 404 g/mol. The zero-order valence-corrected chi connectivity index (χ0v) is 11.9. The molecule has 152 valence electrons. The molecule has 0 radical (unpaired) electrons. The second-order valence-electron chi connectivity index (χ2n) is 4.13. The van der Waals surface area contributed by atoms with Crippen molar-refractivity contribution < 1.29 is 67.2 Å². The van der Waals surface area contributed by atoms with E-state index in [1.54, 1.807) is 0 Å². The lowest BCUT2D eigenvalue weighted by Gasteiger charge is -2.30. The summed E-state index contributed by atoms with van der Waals surface area (Å²) in [6.45, 7) is -7.26. The number of hydrogen-bond donors (Lipinski definition) is 0. The SMILES string of the molecule is FCCOC(OC(F)(F)C(F)F)C(OCC(F)(F)F)OCC(F)(F)F. The predicted molar refractivity (Wildman–Crippen MR) is 55.6 cm³/mol. The Kier molecular flexibility index (Phi) is 9.32. The van der Waals surface area contributed by atoms with Gasteiger partial charge in [-0.1, -0.05) is 0 Å². The molecule has 0 bridgehead atoms. The van der Waals surface area contributed by atoms with E-state index in [1.165, 1.54) is 0 Å². The molecule has 0 N–H and O–H groups in total. The zero-order chi connectivity index (χ0) is 19.9. The number of rotatable bonds is 11. The van der Waals surface area contributed by atoms with Gasteiger partial charge in [0.05, 0.1) is 6.61 Å². The summed E-state index contributed by atoms with van der Waals surface area (Å²) in [4.78, 5) is 0. The van der Waals surface area contributed by atoms with E-state index < -0.39 is 64.0 Å². The molecule has 0 saturated heterocycles. The molecule has 1 unspecified atom stereocenters. The van der Waals surface area contributed by atoms with Gasteiger partial charge in [-0.15, -0.1) is 0 Å². The van der Waals surface area contributed by atoms with Crippen molar-refractivity contribution in [1.29, 1.82) is 0 Å². The van der Waals surface area contributed by atoms with Gasteiger partial charge in [0, 0.05) is 0 Å². The van der Waals surface area contributed by atoms with Crippen molar-refractivity contribution in [3.05, 3.63) is 0 Å². The van der Waals surface area contributed by atoms with E-state index in [4.69, 9.17) is 0 Å². The second kappa shape index (κ2) is 9.68. The first-order valence-corrected chi connectivity index (χ1v) is 6.06. The second-order valence-corrected chi connectivity index (χ2v) is 4.13.